The first-order valence-electron chi connectivity index (χ1n) is 5.93. The van der Waals surface area contributed by atoms with Crippen molar-refractivity contribution in [3.05, 3.63) is 18.0 Å². The predicted octanol–water partition coefficient (Wildman–Crippen LogP) is 1.71. The molecule has 0 unspecified atom stereocenters. The van der Waals surface area contributed by atoms with Gasteiger partial charge in [-0.1, -0.05) is 0 Å². The second-order valence-corrected chi connectivity index (χ2v) is 4.43. The van der Waals surface area contributed by atoms with Crippen LogP contribution in [0.1, 0.15) is 18.4 Å². The monoisotopic (exact) mass is 263 g/mol. The lowest BCUT2D eigenvalue weighted by Gasteiger charge is -2.09. The van der Waals surface area contributed by atoms with Gasteiger partial charge in [0.1, 0.15) is 6.54 Å². The molecule has 1 aromatic rings. The van der Waals surface area contributed by atoms with Gasteiger partial charge in [0.05, 0.1) is 12.3 Å². The number of hydrogen-bond acceptors (Lipinski definition) is 3. The van der Waals surface area contributed by atoms with Crippen molar-refractivity contribution in [3.63, 3.8) is 0 Å². The van der Waals surface area contributed by atoms with E-state index in [1.807, 2.05) is 0 Å². The van der Waals surface area contributed by atoms with Crippen LogP contribution in [-0.2, 0) is 17.8 Å². The summed E-state index contributed by atoms with van der Waals surface area (Å²) in [6.45, 7) is 0.997. The SMILES string of the molecule is FC(F)(F)Cn1cc(CNC[C@H]2CCCO2)cn1. The Bertz CT molecular complexity index is 372. The van der Waals surface area contributed by atoms with Gasteiger partial charge in [0.2, 0.25) is 0 Å². The molecule has 7 heteroatoms. The Labute approximate surface area is 103 Å². The Kier molecular flexibility index (Phi) is 4.23. The minimum atomic E-state index is -4.23. The molecule has 0 aliphatic carbocycles. The van der Waals surface area contributed by atoms with Crippen molar-refractivity contribution in [1.82, 2.24) is 15.1 Å². The maximum Gasteiger partial charge on any atom is 0.408 e. The Hall–Kier alpha value is -1.08. The van der Waals surface area contributed by atoms with Crippen LogP contribution in [0.5, 0.6) is 0 Å². The average molecular weight is 263 g/mol. The lowest BCUT2D eigenvalue weighted by molar-refractivity contribution is -0.142. The van der Waals surface area contributed by atoms with Crippen LogP contribution in [-0.4, -0.2) is 35.2 Å². The lowest BCUT2D eigenvalue weighted by Crippen LogP contribution is -2.25. The van der Waals surface area contributed by atoms with E-state index < -0.39 is 12.7 Å². The van der Waals surface area contributed by atoms with Gasteiger partial charge in [0, 0.05) is 31.5 Å². The number of ether oxygens (including phenoxy) is 1. The van der Waals surface area contributed by atoms with Crippen LogP contribution in [0.4, 0.5) is 13.2 Å². The number of hydrogen-bond donors (Lipinski definition) is 1. The summed E-state index contributed by atoms with van der Waals surface area (Å²) in [5, 5.41) is 6.84. The molecule has 1 aliphatic rings. The van der Waals surface area contributed by atoms with Crippen LogP contribution in [0.2, 0.25) is 0 Å². The minimum absolute atomic E-state index is 0.232. The first-order chi connectivity index (χ1) is 8.53. The summed E-state index contributed by atoms with van der Waals surface area (Å²) in [6.07, 6.45) is 0.990. The van der Waals surface area contributed by atoms with E-state index in [9.17, 15) is 13.2 Å². The molecule has 0 radical (unpaired) electrons. The lowest BCUT2D eigenvalue weighted by atomic mass is 10.2. The highest BCUT2D eigenvalue weighted by atomic mass is 19.4. The molecule has 2 rings (SSSR count). The Balaban J connectivity index is 1.72. The van der Waals surface area contributed by atoms with E-state index in [2.05, 4.69) is 10.4 Å². The standard InChI is InChI=1S/C11H16F3N3O/c12-11(13,14)8-17-7-9(5-16-17)4-15-6-10-2-1-3-18-10/h5,7,10,15H,1-4,6,8H2/t10-/m1/s1. The molecule has 18 heavy (non-hydrogen) atoms. The first-order valence-corrected chi connectivity index (χ1v) is 5.93. The molecule has 102 valence electrons. The summed E-state index contributed by atoms with van der Waals surface area (Å²) >= 11 is 0. The number of nitrogens with one attached hydrogen (secondary N) is 1. The van der Waals surface area contributed by atoms with E-state index in [1.54, 1.807) is 0 Å². The second kappa shape index (κ2) is 5.71. The van der Waals surface area contributed by atoms with Crippen molar-refractivity contribution in [2.24, 2.45) is 0 Å². The summed E-state index contributed by atoms with van der Waals surface area (Å²) < 4.78 is 42.7. The van der Waals surface area contributed by atoms with Gasteiger partial charge in [0.15, 0.2) is 0 Å². The van der Waals surface area contributed by atoms with Gasteiger partial charge >= 0.3 is 6.18 Å². The molecule has 0 amide bonds. The van der Waals surface area contributed by atoms with Crippen LogP contribution in [0.3, 0.4) is 0 Å². The van der Waals surface area contributed by atoms with Crippen molar-refractivity contribution in [2.75, 3.05) is 13.2 Å². The maximum atomic E-state index is 12.1. The van der Waals surface area contributed by atoms with Crippen LogP contribution in [0.25, 0.3) is 0 Å². The van der Waals surface area contributed by atoms with Crippen LogP contribution >= 0.6 is 0 Å². The van der Waals surface area contributed by atoms with Gasteiger partial charge in [-0.15, -0.1) is 0 Å². The molecular weight excluding hydrogens is 247 g/mol. The van der Waals surface area contributed by atoms with Crippen LogP contribution in [0, 0.1) is 0 Å². The third-order valence-electron chi connectivity index (χ3n) is 2.75. The van der Waals surface area contributed by atoms with Crippen molar-refractivity contribution >= 4 is 0 Å². The highest BCUT2D eigenvalue weighted by molar-refractivity contribution is 5.03. The summed E-state index contributed by atoms with van der Waals surface area (Å²) in [5.41, 5.74) is 0.747. The van der Waals surface area contributed by atoms with Crippen molar-refractivity contribution in [3.8, 4) is 0 Å². The number of alkyl halides is 3. The second-order valence-electron chi connectivity index (χ2n) is 4.43. The smallest absolute Gasteiger partial charge is 0.377 e. The van der Waals surface area contributed by atoms with E-state index >= 15 is 0 Å². The minimum Gasteiger partial charge on any atom is -0.377 e. The van der Waals surface area contributed by atoms with E-state index in [-0.39, 0.29) is 6.10 Å². The summed E-state index contributed by atoms with van der Waals surface area (Å²) in [5.74, 6) is 0. The normalized spacial score (nSPS) is 20.5. The molecule has 0 bridgehead atoms. The first kappa shape index (κ1) is 13.4. The predicted molar refractivity (Wildman–Crippen MR) is 59.0 cm³/mol. The largest absolute Gasteiger partial charge is 0.408 e. The number of nitrogens with zero attached hydrogens (tertiary/aromatic N) is 2. The number of halogens is 3. The van der Waals surface area contributed by atoms with Gasteiger partial charge in [-0.05, 0) is 12.8 Å². The fraction of sp³-hybridized carbons (Fsp3) is 0.727. The molecular formula is C11H16F3N3O. The molecule has 0 spiro atoms. The Morgan fingerprint density at radius 2 is 2.33 bits per heavy atom. The topological polar surface area (TPSA) is 39.1 Å². The molecule has 1 aromatic heterocycles. The zero-order valence-electron chi connectivity index (χ0n) is 9.91. The maximum absolute atomic E-state index is 12.1. The molecule has 2 heterocycles. The number of aromatic nitrogens is 2. The van der Waals surface area contributed by atoms with E-state index in [0.29, 0.717) is 6.54 Å². The molecule has 0 saturated carbocycles. The highest BCUT2D eigenvalue weighted by Gasteiger charge is 2.28. The van der Waals surface area contributed by atoms with Gasteiger partial charge in [-0.2, -0.15) is 18.3 Å². The fourth-order valence-electron chi connectivity index (χ4n) is 1.95. The zero-order chi connectivity index (χ0) is 13.0. The van der Waals surface area contributed by atoms with Crippen molar-refractivity contribution in [1.29, 1.82) is 0 Å². The summed E-state index contributed by atoms with van der Waals surface area (Å²) in [7, 11) is 0. The van der Waals surface area contributed by atoms with Crippen molar-refractivity contribution < 1.29 is 17.9 Å². The summed E-state index contributed by atoms with van der Waals surface area (Å²) in [4.78, 5) is 0. The Morgan fingerprint density at radius 3 is 3.00 bits per heavy atom. The number of rotatable bonds is 5. The van der Waals surface area contributed by atoms with E-state index in [1.165, 1.54) is 12.4 Å². The van der Waals surface area contributed by atoms with E-state index in [0.717, 1.165) is 36.2 Å². The third kappa shape index (κ3) is 4.30. The van der Waals surface area contributed by atoms with Crippen LogP contribution < -0.4 is 5.32 Å². The van der Waals surface area contributed by atoms with Crippen LogP contribution in [0.15, 0.2) is 12.4 Å². The zero-order valence-corrected chi connectivity index (χ0v) is 9.91. The molecule has 1 fully saturated rings. The van der Waals surface area contributed by atoms with Gasteiger partial charge in [-0.25, -0.2) is 0 Å². The van der Waals surface area contributed by atoms with Gasteiger partial charge in [-0.3, -0.25) is 4.68 Å². The van der Waals surface area contributed by atoms with E-state index in [4.69, 9.17) is 4.74 Å². The van der Waals surface area contributed by atoms with Gasteiger partial charge < -0.3 is 10.1 Å². The molecule has 1 saturated heterocycles. The molecule has 1 atom stereocenters. The van der Waals surface area contributed by atoms with Gasteiger partial charge in [0.25, 0.3) is 0 Å². The third-order valence-corrected chi connectivity index (χ3v) is 2.75. The molecule has 1 N–H and O–H groups in total. The summed E-state index contributed by atoms with van der Waals surface area (Å²) in [6, 6.07) is 0. The fourth-order valence-corrected chi connectivity index (χ4v) is 1.95. The molecule has 4 nitrogen and oxygen atoms in total. The van der Waals surface area contributed by atoms with Crippen molar-refractivity contribution in [2.45, 2.75) is 38.2 Å². The molecule has 1 aliphatic heterocycles. The quantitative estimate of drug-likeness (QED) is 0.879. The molecule has 0 aromatic carbocycles. The highest BCUT2D eigenvalue weighted by Crippen LogP contribution is 2.17. The average Bonchev–Trinajstić information content (AvgIpc) is 2.88. The Morgan fingerprint density at radius 1 is 1.50 bits per heavy atom.